The van der Waals surface area contributed by atoms with Gasteiger partial charge in [0.05, 0.1) is 5.92 Å². The van der Waals surface area contributed by atoms with Gasteiger partial charge in [0.2, 0.25) is 0 Å². The Morgan fingerprint density at radius 2 is 2.27 bits per heavy atom. The summed E-state index contributed by atoms with van der Waals surface area (Å²) >= 11 is 0. The van der Waals surface area contributed by atoms with Crippen molar-refractivity contribution < 1.29 is 14.7 Å². The lowest BCUT2D eigenvalue weighted by atomic mass is 9.97. The number of aliphatic carboxylic acids is 1. The van der Waals surface area contributed by atoms with Gasteiger partial charge in [-0.3, -0.25) is 9.59 Å². The number of benzene rings is 1. The summed E-state index contributed by atoms with van der Waals surface area (Å²) in [5.41, 5.74) is 2.26. The number of hydrogen-bond acceptors (Lipinski definition) is 2. The molecule has 0 bridgehead atoms. The Balaban J connectivity index is 2.39. The lowest BCUT2D eigenvalue weighted by molar-refractivity contribution is -0.138. The molecule has 1 atom stereocenters. The Morgan fingerprint density at radius 3 is 2.93 bits per heavy atom. The monoisotopic (exact) mass is 205 g/mol. The second-order valence-corrected chi connectivity index (χ2v) is 3.66. The van der Waals surface area contributed by atoms with Crippen LogP contribution >= 0.6 is 0 Å². The third-order valence-electron chi connectivity index (χ3n) is 2.68. The van der Waals surface area contributed by atoms with E-state index < -0.39 is 11.9 Å². The van der Waals surface area contributed by atoms with E-state index in [1.807, 2.05) is 0 Å². The molecule has 1 aliphatic heterocycles. The van der Waals surface area contributed by atoms with Crippen molar-refractivity contribution in [3.05, 3.63) is 34.9 Å². The number of nitrogens with one attached hydrogen (secondary N) is 1. The van der Waals surface area contributed by atoms with Crippen molar-refractivity contribution in [3.8, 4) is 0 Å². The third kappa shape index (κ3) is 1.58. The molecule has 2 rings (SSSR count). The Kier molecular flexibility index (Phi) is 2.19. The summed E-state index contributed by atoms with van der Waals surface area (Å²) in [6.45, 7) is 2.13. The molecule has 1 aliphatic rings. The molecule has 1 aromatic carbocycles. The van der Waals surface area contributed by atoms with Crippen LogP contribution in [0.4, 0.5) is 0 Å². The van der Waals surface area contributed by atoms with Crippen LogP contribution < -0.4 is 5.32 Å². The fraction of sp³-hybridized carbons (Fsp3) is 0.273. The Morgan fingerprint density at radius 1 is 1.53 bits per heavy atom. The zero-order chi connectivity index (χ0) is 11.0. The topological polar surface area (TPSA) is 66.4 Å². The van der Waals surface area contributed by atoms with Crippen molar-refractivity contribution in [2.24, 2.45) is 0 Å². The molecule has 1 unspecified atom stereocenters. The average Bonchev–Trinajstić information content (AvgIpc) is 2.59. The fourth-order valence-corrected chi connectivity index (χ4v) is 1.66. The molecule has 4 nitrogen and oxygen atoms in total. The smallest absolute Gasteiger partial charge is 0.310 e. The highest BCUT2D eigenvalue weighted by molar-refractivity contribution is 5.98. The largest absolute Gasteiger partial charge is 0.481 e. The normalized spacial score (nSPS) is 15.7. The van der Waals surface area contributed by atoms with E-state index in [4.69, 9.17) is 5.11 Å². The molecule has 0 radical (unpaired) electrons. The quantitative estimate of drug-likeness (QED) is 0.760. The molecule has 0 aromatic heterocycles. The second kappa shape index (κ2) is 3.38. The molecule has 0 spiro atoms. The number of rotatable bonds is 2. The van der Waals surface area contributed by atoms with Crippen LogP contribution in [-0.4, -0.2) is 17.0 Å². The van der Waals surface area contributed by atoms with Crippen molar-refractivity contribution in [1.29, 1.82) is 0 Å². The van der Waals surface area contributed by atoms with E-state index in [1.54, 1.807) is 25.1 Å². The van der Waals surface area contributed by atoms with E-state index in [0.717, 1.165) is 11.1 Å². The van der Waals surface area contributed by atoms with Gasteiger partial charge >= 0.3 is 5.97 Å². The summed E-state index contributed by atoms with van der Waals surface area (Å²) in [6.07, 6.45) is 0. The first kappa shape index (κ1) is 9.71. The van der Waals surface area contributed by atoms with Crippen molar-refractivity contribution in [2.45, 2.75) is 19.4 Å². The van der Waals surface area contributed by atoms with Crippen molar-refractivity contribution >= 4 is 11.9 Å². The van der Waals surface area contributed by atoms with Gasteiger partial charge in [-0.2, -0.15) is 0 Å². The molecule has 1 amide bonds. The lowest BCUT2D eigenvalue weighted by Crippen LogP contribution is -2.12. The van der Waals surface area contributed by atoms with Crippen LogP contribution in [0.3, 0.4) is 0 Å². The summed E-state index contributed by atoms with van der Waals surface area (Å²) in [5.74, 6) is -1.47. The summed E-state index contributed by atoms with van der Waals surface area (Å²) in [7, 11) is 0. The summed E-state index contributed by atoms with van der Waals surface area (Å²) in [4.78, 5) is 22.0. The molecular formula is C11H11NO3. The molecule has 4 heteroatoms. The summed E-state index contributed by atoms with van der Waals surface area (Å²) in [5, 5.41) is 11.5. The van der Waals surface area contributed by atoms with Crippen LogP contribution in [-0.2, 0) is 11.3 Å². The van der Waals surface area contributed by atoms with E-state index in [2.05, 4.69) is 5.32 Å². The van der Waals surface area contributed by atoms with Crippen molar-refractivity contribution in [1.82, 2.24) is 5.32 Å². The summed E-state index contributed by atoms with van der Waals surface area (Å²) in [6, 6.07) is 5.17. The standard InChI is InChI=1S/C11H11NO3/c1-6(11(14)15)7-2-3-9-8(4-7)5-12-10(9)13/h2-4,6H,5H2,1H3,(H,12,13)(H,14,15). The Labute approximate surface area is 86.9 Å². The minimum absolute atomic E-state index is 0.0838. The molecule has 1 heterocycles. The first-order valence-electron chi connectivity index (χ1n) is 4.73. The maximum Gasteiger partial charge on any atom is 0.310 e. The number of carbonyl (C=O) groups is 2. The number of amides is 1. The highest BCUT2D eigenvalue weighted by Gasteiger charge is 2.21. The molecule has 1 aromatic rings. The Hall–Kier alpha value is -1.84. The number of fused-ring (bicyclic) bond motifs is 1. The minimum Gasteiger partial charge on any atom is -0.481 e. The molecule has 0 fully saturated rings. The number of hydrogen-bond donors (Lipinski definition) is 2. The first-order valence-corrected chi connectivity index (χ1v) is 4.73. The third-order valence-corrected chi connectivity index (χ3v) is 2.68. The van der Waals surface area contributed by atoms with Gasteiger partial charge in [-0.25, -0.2) is 0 Å². The predicted molar refractivity (Wildman–Crippen MR) is 53.7 cm³/mol. The highest BCUT2D eigenvalue weighted by atomic mass is 16.4. The fourth-order valence-electron chi connectivity index (χ4n) is 1.66. The van der Waals surface area contributed by atoms with E-state index >= 15 is 0 Å². The van der Waals surface area contributed by atoms with Crippen LogP contribution in [0.15, 0.2) is 18.2 Å². The number of carboxylic acid groups (broad SMARTS) is 1. The number of carbonyl (C=O) groups excluding carboxylic acids is 1. The van der Waals surface area contributed by atoms with Crippen LogP contribution in [0.1, 0.15) is 34.3 Å². The minimum atomic E-state index is -0.854. The zero-order valence-corrected chi connectivity index (χ0v) is 8.28. The first-order chi connectivity index (χ1) is 7.09. The van der Waals surface area contributed by atoms with Gasteiger partial charge < -0.3 is 10.4 Å². The Bertz CT molecular complexity index is 439. The highest BCUT2D eigenvalue weighted by Crippen LogP contribution is 2.22. The van der Waals surface area contributed by atoms with Gasteiger partial charge in [0, 0.05) is 12.1 Å². The van der Waals surface area contributed by atoms with Gasteiger partial charge in [0.25, 0.3) is 5.91 Å². The van der Waals surface area contributed by atoms with Crippen LogP contribution in [0.5, 0.6) is 0 Å². The lowest BCUT2D eigenvalue weighted by Gasteiger charge is -2.07. The van der Waals surface area contributed by atoms with E-state index in [1.165, 1.54) is 0 Å². The van der Waals surface area contributed by atoms with Gasteiger partial charge in [-0.1, -0.05) is 12.1 Å². The molecule has 0 saturated carbocycles. The van der Waals surface area contributed by atoms with Crippen molar-refractivity contribution in [2.75, 3.05) is 0 Å². The average molecular weight is 205 g/mol. The summed E-state index contributed by atoms with van der Waals surface area (Å²) < 4.78 is 0. The number of carboxylic acids is 1. The molecule has 0 aliphatic carbocycles. The maximum atomic E-state index is 11.3. The predicted octanol–water partition coefficient (Wildman–Crippen LogP) is 1.12. The van der Waals surface area contributed by atoms with E-state index in [-0.39, 0.29) is 5.91 Å². The van der Waals surface area contributed by atoms with Gasteiger partial charge in [0.15, 0.2) is 0 Å². The molecule has 0 saturated heterocycles. The van der Waals surface area contributed by atoms with Crippen LogP contribution in [0, 0.1) is 0 Å². The molecule has 15 heavy (non-hydrogen) atoms. The molecular weight excluding hydrogens is 194 g/mol. The van der Waals surface area contributed by atoms with Gasteiger partial charge in [-0.15, -0.1) is 0 Å². The molecule has 2 N–H and O–H groups in total. The van der Waals surface area contributed by atoms with E-state index in [0.29, 0.717) is 12.1 Å². The van der Waals surface area contributed by atoms with Gasteiger partial charge in [0.1, 0.15) is 0 Å². The van der Waals surface area contributed by atoms with Crippen LogP contribution in [0.25, 0.3) is 0 Å². The maximum absolute atomic E-state index is 11.3. The van der Waals surface area contributed by atoms with E-state index in [9.17, 15) is 9.59 Å². The molecule has 78 valence electrons. The van der Waals surface area contributed by atoms with Crippen LogP contribution in [0.2, 0.25) is 0 Å². The zero-order valence-electron chi connectivity index (χ0n) is 8.28. The van der Waals surface area contributed by atoms with Gasteiger partial charge in [-0.05, 0) is 24.1 Å². The SMILES string of the molecule is CC(C(=O)O)c1ccc2c(c1)CNC2=O. The second-order valence-electron chi connectivity index (χ2n) is 3.66. The van der Waals surface area contributed by atoms with Crippen molar-refractivity contribution in [3.63, 3.8) is 0 Å².